The largest absolute Gasteiger partial charge is 0.385 e. The monoisotopic (exact) mass is 377 g/mol. The van der Waals surface area contributed by atoms with Crippen molar-refractivity contribution in [2.24, 2.45) is 10.4 Å². The number of hydrogen-bond acceptors (Lipinski definition) is 5. The van der Waals surface area contributed by atoms with E-state index in [2.05, 4.69) is 22.9 Å². The SMILES string of the molecule is CCNC(=NCC1(CCOC)CCC1)NCCNc1ccc([N+](=O)[O-])cc1. The molecule has 1 aromatic carbocycles. The lowest BCUT2D eigenvalue weighted by atomic mass is 9.67. The number of aliphatic imine (C=N–C) groups is 1. The van der Waals surface area contributed by atoms with Crippen LogP contribution < -0.4 is 16.0 Å². The number of rotatable bonds is 11. The summed E-state index contributed by atoms with van der Waals surface area (Å²) < 4.78 is 5.24. The molecule has 0 amide bonds. The van der Waals surface area contributed by atoms with Gasteiger partial charge in [0, 0.05) is 57.7 Å². The maximum Gasteiger partial charge on any atom is 0.269 e. The molecule has 0 radical (unpaired) electrons. The fourth-order valence-corrected chi connectivity index (χ4v) is 3.16. The van der Waals surface area contributed by atoms with Crippen LogP contribution in [0.4, 0.5) is 11.4 Å². The summed E-state index contributed by atoms with van der Waals surface area (Å²) in [6.45, 7) is 5.87. The molecular weight excluding hydrogens is 346 g/mol. The molecule has 1 saturated carbocycles. The van der Waals surface area contributed by atoms with E-state index in [0.717, 1.165) is 37.8 Å². The van der Waals surface area contributed by atoms with Gasteiger partial charge in [-0.1, -0.05) is 6.42 Å². The van der Waals surface area contributed by atoms with E-state index in [1.807, 2.05) is 0 Å². The van der Waals surface area contributed by atoms with Gasteiger partial charge in [0.1, 0.15) is 0 Å². The van der Waals surface area contributed by atoms with Gasteiger partial charge in [-0.3, -0.25) is 15.1 Å². The highest BCUT2D eigenvalue weighted by Gasteiger charge is 2.36. The molecule has 1 aliphatic rings. The van der Waals surface area contributed by atoms with Crippen molar-refractivity contribution in [3.63, 3.8) is 0 Å². The molecular formula is C19H31N5O3. The number of guanidine groups is 1. The fourth-order valence-electron chi connectivity index (χ4n) is 3.16. The maximum absolute atomic E-state index is 10.7. The first-order valence-corrected chi connectivity index (χ1v) is 9.58. The Labute approximate surface area is 160 Å². The summed E-state index contributed by atoms with van der Waals surface area (Å²) in [5, 5.41) is 20.5. The molecule has 0 bridgehead atoms. The quantitative estimate of drug-likeness (QED) is 0.180. The molecule has 0 aromatic heterocycles. The molecule has 0 spiro atoms. The molecule has 27 heavy (non-hydrogen) atoms. The molecule has 0 atom stereocenters. The second-order valence-electron chi connectivity index (χ2n) is 6.95. The summed E-state index contributed by atoms with van der Waals surface area (Å²) in [7, 11) is 1.75. The average molecular weight is 377 g/mol. The van der Waals surface area contributed by atoms with Crippen LogP contribution in [0.2, 0.25) is 0 Å². The fraction of sp³-hybridized carbons (Fsp3) is 0.632. The number of benzene rings is 1. The Kier molecular flexibility index (Phi) is 8.32. The van der Waals surface area contributed by atoms with Crippen LogP contribution in [-0.4, -0.2) is 50.8 Å². The number of anilines is 1. The molecule has 1 aromatic rings. The van der Waals surface area contributed by atoms with Gasteiger partial charge in [0.2, 0.25) is 0 Å². The molecule has 8 nitrogen and oxygen atoms in total. The number of nitro benzene ring substituents is 1. The Morgan fingerprint density at radius 1 is 1.26 bits per heavy atom. The minimum atomic E-state index is -0.397. The first kappa shape index (κ1) is 21.0. The number of nitro groups is 1. The third kappa shape index (κ3) is 6.71. The standard InChI is InChI=1S/C19H31N5O3/c1-3-20-18(23-15-19(9-4-10-19)11-14-27-2)22-13-12-21-16-5-7-17(8-6-16)24(25)26/h5-8,21H,3-4,9-15H2,1-2H3,(H2,20,22,23). The van der Waals surface area contributed by atoms with Gasteiger partial charge in [-0.15, -0.1) is 0 Å². The van der Waals surface area contributed by atoms with Gasteiger partial charge in [-0.05, 0) is 43.7 Å². The number of hydrogen-bond donors (Lipinski definition) is 3. The van der Waals surface area contributed by atoms with E-state index in [1.165, 1.54) is 31.4 Å². The first-order valence-electron chi connectivity index (χ1n) is 9.58. The maximum atomic E-state index is 10.7. The molecule has 1 fully saturated rings. The van der Waals surface area contributed by atoms with E-state index in [1.54, 1.807) is 19.2 Å². The minimum Gasteiger partial charge on any atom is -0.385 e. The lowest BCUT2D eigenvalue weighted by Crippen LogP contribution is -2.41. The van der Waals surface area contributed by atoms with E-state index in [0.29, 0.717) is 18.5 Å². The van der Waals surface area contributed by atoms with Crippen LogP contribution in [0.15, 0.2) is 29.3 Å². The van der Waals surface area contributed by atoms with E-state index in [-0.39, 0.29) is 5.69 Å². The topological polar surface area (TPSA) is 101 Å². The zero-order valence-corrected chi connectivity index (χ0v) is 16.3. The predicted molar refractivity (Wildman–Crippen MR) is 108 cm³/mol. The van der Waals surface area contributed by atoms with Crippen LogP contribution in [-0.2, 0) is 4.74 Å². The second kappa shape index (κ2) is 10.7. The van der Waals surface area contributed by atoms with E-state index in [4.69, 9.17) is 9.73 Å². The van der Waals surface area contributed by atoms with E-state index >= 15 is 0 Å². The van der Waals surface area contributed by atoms with Gasteiger partial charge < -0.3 is 20.7 Å². The van der Waals surface area contributed by atoms with Crippen LogP contribution in [0.3, 0.4) is 0 Å². The zero-order valence-electron chi connectivity index (χ0n) is 16.3. The molecule has 8 heteroatoms. The van der Waals surface area contributed by atoms with Crippen molar-refractivity contribution in [1.82, 2.24) is 10.6 Å². The molecule has 0 saturated heterocycles. The van der Waals surface area contributed by atoms with Crippen molar-refractivity contribution in [3.8, 4) is 0 Å². The highest BCUT2D eigenvalue weighted by molar-refractivity contribution is 5.79. The van der Waals surface area contributed by atoms with Gasteiger partial charge >= 0.3 is 0 Å². The van der Waals surface area contributed by atoms with Crippen molar-refractivity contribution in [2.45, 2.75) is 32.6 Å². The van der Waals surface area contributed by atoms with Gasteiger partial charge in [0.05, 0.1) is 4.92 Å². The summed E-state index contributed by atoms with van der Waals surface area (Å²) >= 11 is 0. The highest BCUT2D eigenvalue weighted by atomic mass is 16.6. The number of nitrogens with one attached hydrogen (secondary N) is 3. The lowest BCUT2D eigenvalue weighted by Gasteiger charge is -2.40. The molecule has 0 aliphatic heterocycles. The summed E-state index contributed by atoms with van der Waals surface area (Å²) in [6, 6.07) is 6.43. The zero-order chi connectivity index (χ0) is 19.5. The Morgan fingerprint density at radius 2 is 2.00 bits per heavy atom. The normalized spacial score (nSPS) is 15.7. The molecule has 0 heterocycles. The first-order chi connectivity index (χ1) is 13.1. The van der Waals surface area contributed by atoms with Crippen LogP contribution in [0.5, 0.6) is 0 Å². The molecule has 0 unspecified atom stereocenters. The van der Waals surface area contributed by atoms with Crippen LogP contribution in [0.25, 0.3) is 0 Å². The molecule has 3 N–H and O–H groups in total. The van der Waals surface area contributed by atoms with Gasteiger partial charge in [0.25, 0.3) is 5.69 Å². The Hall–Kier alpha value is -2.35. The number of methoxy groups -OCH3 is 1. The number of nitrogens with zero attached hydrogens (tertiary/aromatic N) is 2. The van der Waals surface area contributed by atoms with Crippen molar-refractivity contribution in [2.75, 3.05) is 45.2 Å². The van der Waals surface area contributed by atoms with Crippen molar-refractivity contribution in [3.05, 3.63) is 34.4 Å². The van der Waals surface area contributed by atoms with Gasteiger partial charge in [0.15, 0.2) is 5.96 Å². The van der Waals surface area contributed by atoms with Crippen molar-refractivity contribution in [1.29, 1.82) is 0 Å². The van der Waals surface area contributed by atoms with Crippen molar-refractivity contribution < 1.29 is 9.66 Å². The van der Waals surface area contributed by atoms with Gasteiger partial charge in [-0.2, -0.15) is 0 Å². The second-order valence-corrected chi connectivity index (χ2v) is 6.95. The third-order valence-electron chi connectivity index (χ3n) is 4.99. The molecule has 150 valence electrons. The van der Waals surface area contributed by atoms with E-state index < -0.39 is 4.92 Å². The van der Waals surface area contributed by atoms with Gasteiger partial charge in [-0.25, -0.2) is 0 Å². The Balaban J connectivity index is 1.77. The van der Waals surface area contributed by atoms with Crippen LogP contribution in [0, 0.1) is 15.5 Å². The Bertz CT molecular complexity index is 614. The number of ether oxygens (including phenoxy) is 1. The summed E-state index contributed by atoms with van der Waals surface area (Å²) in [5.74, 6) is 0.826. The Morgan fingerprint density at radius 3 is 2.56 bits per heavy atom. The van der Waals surface area contributed by atoms with E-state index in [9.17, 15) is 10.1 Å². The smallest absolute Gasteiger partial charge is 0.269 e. The minimum absolute atomic E-state index is 0.0960. The lowest BCUT2D eigenvalue weighted by molar-refractivity contribution is -0.384. The summed E-state index contributed by atoms with van der Waals surface area (Å²) in [4.78, 5) is 15.0. The number of non-ortho nitro benzene ring substituents is 1. The van der Waals surface area contributed by atoms with Crippen LogP contribution >= 0.6 is 0 Å². The molecule has 2 rings (SSSR count). The third-order valence-corrected chi connectivity index (χ3v) is 4.99. The predicted octanol–water partition coefficient (Wildman–Crippen LogP) is 2.77. The summed E-state index contributed by atoms with van der Waals surface area (Å²) in [5.41, 5.74) is 1.26. The average Bonchev–Trinajstić information content (AvgIpc) is 2.64. The van der Waals surface area contributed by atoms with Crippen molar-refractivity contribution >= 4 is 17.3 Å². The highest BCUT2D eigenvalue weighted by Crippen LogP contribution is 2.44. The summed E-state index contributed by atoms with van der Waals surface area (Å²) in [6.07, 6.45) is 4.79. The van der Waals surface area contributed by atoms with Crippen LogP contribution in [0.1, 0.15) is 32.6 Å². The molecule has 1 aliphatic carbocycles.